The highest BCUT2D eigenvalue weighted by molar-refractivity contribution is 5.48. The van der Waals surface area contributed by atoms with Gasteiger partial charge in [-0.2, -0.15) is 0 Å². The maximum Gasteiger partial charge on any atom is 0.222 e. The van der Waals surface area contributed by atoms with Gasteiger partial charge in [-0.15, -0.1) is 6.42 Å². The van der Waals surface area contributed by atoms with Crippen molar-refractivity contribution in [3.05, 3.63) is 11.9 Å². The summed E-state index contributed by atoms with van der Waals surface area (Å²) >= 11 is 0. The van der Waals surface area contributed by atoms with Crippen molar-refractivity contribution < 1.29 is 4.74 Å². The molecule has 0 atom stereocenters. The van der Waals surface area contributed by atoms with E-state index in [9.17, 15) is 0 Å². The molecule has 4 nitrogen and oxygen atoms in total. The molecule has 1 aromatic rings. The van der Waals surface area contributed by atoms with Gasteiger partial charge < -0.3 is 10.1 Å². The zero-order valence-electron chi connectivity index (χ0n) is 8.37. The number of nitrogens with zero attached hydrogens (tertiary/aromatic N) is 2. The predicted molar refractivity (Wildman–Crippen MR) is 55.3 cm³/mol. The summed E-state index contributed by atoms with van der Waals surface area (Å²) in [5, 5.41) is 2.98. The van der Waals surface area contributed by atoms with Crippen LogP contribution in [0.5, 0.6) is 5.88 Å². The first-order chi connectivity index (χ1) is 6.83. The number of rotatable bonds is 4. The van der Waals surface area contributed by atoms with Crippen LogP contribution in [0.3, 0.4) is 0 Å². The molecule has 0 saturated heterocycles. The van der Waals surface area contributed by atoms with Crippen molar-refractivity contribution in [1.29, 1.82) is 0 Å². The summed E-state index contributed by atoms with van der Waals surface area (Å²) in [5.74, 6) is 3.75. The first-order valence-corrected chi connectivity index (χ1v) is 4.41. The van der Waals surface area contributed by atoms with E-state index in [1.807, 2.05) is 14.0 Å². The minimum Gasteiger partial charge on any atom is -0.464 e. The van der Waals surface area contributed by atoms with Gasteiger partial charge in [-0.1, -0.05) is 12.8 Å². The Bertz CT molecular complexity index is 344. The normalized spacial score (nSPS) is 9.21. The van der Waals surface area contributed by atoms with Gasteiger partial charge in [0.1, 0.15) is 12.1 Å². The van der Waals surface area contributed by atoms with E-state index in [0.29, 0.717) is 5.88 Å². The minimum atomic E-state index is 0.229. The second-order valence-electron chi connectivity index (χ2n) is 2.60. The second kappa shape index (κ2) is 5.07. The number of ether oxygens (including phenoxy) is 1. The summed E-state index contributed by atoms with van der Waals surface area (Å²) in [5.41, 5.74) is 0.949. The monoisotopic (exact) mass is 191 g/mol. The van der Waals surface area contributed by atoms with Crippen LogP contribution in [-0.2, 0) is 6.42 Å². The lowest BCUT2D eigenvalue weighted by Gasteiger charge is -2.09. The van der Waals surface area contributed by atoms with Crippen molar-refractivity contribution in [2.45, 2.75) is 13.3 Å². The van der Waals surface area contributed by atoms with Gasteiger partial charge in [0.05, 0.1) is 5.56 Å². The molecule has 14 heavy (non-hydrogen) atoms. The fourth-order valence-electron chi connectivity index (χ4n) is 1.16. The molecular weight excluding hydrogens is 178 g/mol. The van der Waals surface area contributed by atoms with Crippen molar-refractivity contribution in [1.82, 2.24) is 9.97 Å². The lowest BCUT2D eigenvalue weighted by Crippen LogP contribution is -2.05. The van der Waals surface area contributed by atoms with Crippen molar-refractivity contribution in [3.63, 3.8) is 0 Å². The van der Waals surface area contributed by atoms with E-state index in [0.717, 1.165) is 17.8 Å². The molecule has 0 radical (unpaired) electrons. The summed E-state index contributed by atoms with van der Waals surface area (Å²) in [6.07, 6.45) is 7.36. The molecule has 0 aliphatic carbocycles. The highest BCUT2D eigenvalue weighted by atomic mass is 16.5. The van der Waals surface area contributed by atoms with Gasteiger partial charge in [0.2, 0.25) is 5.88 Å². The van der Waals surface area contributed by atoms with Crippen LogP contribution in [-0.4, -0.2) is 23.6 Å². The number of hydrogen-bond acceptors (Lipinski definition) is 4. The Morgan fingerprint density at radius 2 is 2.36 bits per heavy atom. The van der Waals surface area contributed by atoms with E-state index < -0.39 is 0 Å². The second-order valence-corrected chi connectivity index (χ2v) is 2.60. The van der Waals surface area contributed by atoms with E-state index in [1.54, 1.807) is 0 Å². The molecule has 74 valence electrons. The fraction of sp³-hybridized carbons (Fsp3) is 0.400. The molecule has 0 aromatic carbocycles. The molecule has 0 spiro atoms. The van der Waals surface area contributed by atoms with Crippen LogP contribution in [0.2, 0.25) is 0 Å². The van der Waals surface area contributed by atoms with Crippen LogP contribution in [0, 0.1) is 12.3 Å². The Morgan fingerprint density at radius 1 is 1.57 bits per heavy atom. The van der Waals surface area contributed by atoms with Crippen LogP contribution in [0.15, 0.2) is 6.33 Å². The van der Waals surface area contributed by atoms with Crippen molar-refractivity contribution in [3.8, 4) is 18.2 Å². The number of aromatic nitrogens is 2. The zero-order chi connectivity index (χ0) is 10.4. The lowest BCUT2D eigenvalue weighted by molar-refractivity contribution is 0.351. The summed E-state index contributed by atoms with van der Waals surface area (Å²) in [6, 6.07) is 0. The molecule has 0 aliphatic rings. The molecular formula is C10H13N3O. The van der Waals surface area contributed by atoms with E-state index in [4.69, 9.17) is 11.2 Å². The van der Waals surface area contributed by atoms with E-state index in [1.165, 1.54) is 6.33 Å². The number of hydrogen-bond donors (Lipinski definition) is 1. The molecule has 0 amide bonds. The number of anilines is 1. The quantitative estimate of drug-likeness (QED) is 0.724. The van der Waals surface area contributed by atoms with Crippen molar-refractivity contribution in [2.75, 3.05) is 19.0 Å². The predicted octanol–water partition coefficient (Wildman–Crippen LogP) is 1.09. The topological polar surface area (TPSA) is 47.0 Å². The first-order valence-electron chi connectivity index (χ1n) is 4.41. The van der Waals surface area contributed by atoms with Crippen molar-refractivity contribution >= 4 is 5.82 Å². The molecule has 0 unspecified atom stereocenters. The maximum atomic E-state index is 5.29. The molecule has 1 rings (SSSR count). The average molecular weight is 191 g/mol. The smallest absolute Gasteiger partial charge is 0.222 e. The van der Waals surface area contributed by atoms with Gasteiger partial charge in [0.15, 0.2) is 6.61 Å². The van der Waals surface area contributed by atoms with Gasteiger partial charge >= 0.3 is 0 Å². The Balaban J connectivity index is 2.97. The standard InChI is InChI=1S/C10H13N3O/c1-4-6-14-10-8(5-2)9(11-3)12-7-13-10/h1,7H,5-6H2,2-3H3,(H,11,12,13). The molecule has 1 aromatic heterocycles. The number of terminal acetylenes is 1. The van der Waals surface area contributed by atoms with Crippen LogP contribution in [0.4, 0.5) is 5.82 Å². The molecule has 1 N–H and O–H groups in total. The average Bonchev–Trinajstić information content (AvgIpc) is 2.25. The van der Waals surface area contributed by atoms with Gasteiger partial charge in [-0.25, -0.2) is 9.97 Å². The van der Waals surface area contributed by atoms with Gasteiger partial charge in [0, 0.05) is 7.05 Å². The molecule has 4 heteroatoms. The molecule has 0 bridgehead atoms. The van der Waals surface area contributed by atoms with Crippen LogP contribution in [0.1, 0.15) is 12.5 Å². The third kappa shape index (κ3) is 2.13. The van der Waals surface area contributed by atoms with Crippen LogP contribution >= 0.6 is 0 Å². The van der Waals surface area contributed by atoms with Crippen molar-refractivity contribution in [2.24, 2.45) is 0 Å². The first kappa shape index (κ1) is 10.3. The minimum absolute atomic E-state index is 0.229. The van der Waals surface area contributed by atoms with E-state index in [-0.39, 0.29) is 6.61 Å². The molecule has 0 fully saturated rings. The summed E-state index contributed by atoms with van der Waals surface area (Å²) in [6.45, 7) is 2.25. The third-order valence-electron chi connectivity index (χ3n) is 1.79. The highest BCUT2D eigenvalue weighted by Crippen LogP contribution is 2.21. The summed E-state index contributed by atoms with van der Waals surface area (Å²) < 4.78 is 5.29. The lowest BCUT2D eigenvalue weighted by atomic mass is 10.2. The molecule has 0 aliphatic heterocycles. The fourth-order valence-corrected chi connectivity index (χ4v) is 1.16. The Hall–Kier alpha value is -1.76. The largest absolute Gasteiger partial charge is 0.464 e. The van der Waals surface area contributed by atoms with E-state index >= 15 is 0 Å². The SMILES string of the molecule is C#CCOc1ncnc(NC)c1CC. The number of nitrogens with one attached hydrogen (secondary N) is 1. The summed E-state index contributed by atoms with van der Waals surface area (Å²) in [7, 11) is 1.81. The van der Waals surface area contributed by atoms with Crippen LogP contribution < -0.4 is 10.1 Å². The zero-order valence-corrected chi connectivity index (χ0v) is 8.37. The third-order valence-corrected chi connectivity index (χ3v) is 1.79. The van der Waals surface area contributed by atoms with Gasteiger partial charge in [-0.05, 0) is 6.42 Å². The summed E-state index contributed by atoms with van der Waals surface area (Å²) in [4.78, 5) is 8.11. The van der Waals surface area contributed by atoms with Gasteiger partial charge in [-0.3, -0.25) is 0 Å². The maximum absolute atomic E-state index is 5.29. The molecule has 0 saturated carbocycles. The Morgan fingerprint density at radius 3 is 2.93 bits per heavy atom. The Labute approximate surface area is 83.7 Å². The highest BCUT2D eigenvalue weighted by Gasteiger charge is 2.08. The van der Waals surface area contributed by atoms with Crippen LogP contribution in [0.25, 0.3) is 0 Å². The van der Waals surface area contributed by atoms with E-state index in [2.05, 4.69) is 21.2 Å². The molecule has 1 heterocycles. The van der Waals surface area contributed by atoms with Gasteiger partial charge in [0.25, 0.3) is 0 Å². The Kier molecular flexibility index (Phi) is 3.74.